The SMILES string of the molecule is COc1ccc(-c2ccco2)cc1NS(C)(=O)=O. The molecule has 6 heteroatoms. The van der Waals surface area contributed by atoms with Crippen molar-refractivity contribution >= 4 is 15.7 Å². The van der Waals surface area contributed by atoms with E-state index in [1.165, 1.54) is 7.11 Å². The monoisotopic (exact) mass is 267 g/mol. The van der Waals surface area contributed by atoms with Gasteiger partial charge in [0.1, 0.15) is 11.5 Å². The largest absolute Gasteiger partial charge is 0.495 e. The zero-order valence-corrected chi connectivity index (χ0v) is 10.8. The zero-order chi connectivity index (χ0) is 13.2. The number of benzene rings is 1. The molecule has 1 aromatic heterocycles. The molecule has 0 spiro atoms. The number of ether oxygens (including phenoxy) is 1. The summed E-state index contributed by atoms with van der Waals surface area (Å²) in [4.78, 5) is 0. The Morgan fingerprint density at radius 3 is 2.61 bits per heavy atom. The highest BCUT2D eigenvalue weighted by Crippen LogP contribution is 2.31. The van der Waals surface area contributed by atoms with E-state index in [0.29, 0.717) is 17.2 Å². The van der Waals surface area contributed by atoms with Gasteiger partial charge in [-0.2, -0.15) is 0 Å². The van der Waals surface area contributed by atoms with Crippen molar-refractivity contribution in [3.05, 3.63) is 36.6 Å². The second-order valence-corrected chi connectivity index (χ2v) is 5.52. The van der Waals surface area contributed by atoms with Crippen LogP contribution >= 0.6 is 0 Å². The highest BCUT2D eigenvalue weighted by molar-refractivity contribution is 7.92. The molecule has 0 atom stereocenters. The first-order valence-electron chi connectivity index (χ1n) is 5.19. The molecule has 18 heavy (non-hydrogen) atoms. The molecule has 2 aromatic rings. The number of anilines is 1. The first-order valence-corrected chi connectivity index (χ1v) is 7.08. The third-order valence-corrected chi connectivity index (χ3v) is 2.89. The number of hydrogen-bond acceptors (Lipinski definition) is 4. The lowest BCUT2D eigenvalue weighted by atomic mass is 10.1. The molecule has 0 radical (unpaired) electrons. The van der Waals surface area contributed by atoms with Gasteiger partial charge in [-0.25, -0.2) is 8.42 Å². The minimum absolute atomic E-state index is 0.383. The Kier molecular flexibility index (Phi) is 3.29. The number of nitrogens with one attached hydrogen (secondary N) is 1. The Bertz CT molecular complexity index is 632. The van der Waals surface area contributed by atoms with Crippen LogP contribution in [0.2, 0.25) is 0 Å². The lowest BCUT2D eigenvalue weighted by molar-refractivity contribution is 0.417. The summed E-state index contributed by atoms with van der Waals surface area (Å²) >= 11 is 0. The molecule has 0 amide bonds. The third kappa shape index (κ3) is 2.84. The molecule has 1 heterocycles. The van der Waals surface area contributed by atoms with Gasteiger partial charge in [0.2, 0.25) is 10.0 Å². The molecule has 0 saturated carbocycles. The molecule has 0 aliphatic rings. The Balaban J connectivity index is 2.46. The predicted molar refractivity (Wildman–Crippen MR) is 69.2 cm³/mol. The molecule has 0 fully saturated rings. The molecule has 0 bridgehead atoms. The summed E-state index contributed by atoms with van der Waals surface area (Å²) in [5.74, 6) is 1.12. The topological polar surface area (TPSA) is 68.5 Å². The van der Waals surface area contributed by atoms with Gasteiger partial charge in [0.05, 0.1) is 25.3 Å². The van der Waals surface area contributed by atoms with Gasteiger partial charge < -0.3 is 9.15 Å². The van der Waals surface area contributed by atoms with E-state index in [1.54, 1.807) is 36.6 Å². The van der Waals surface area contributed by atoms with Crippen LogP contribution in [0.4, 0.5) is 5.69 Å². The Hall–Kier alpha value is -1.95. The van der Waals surface area contributed by atoms with Gasteiger partial charge in [-0.3, -0.25) is 4.72 Å². The highest BCUT2D eigenvalue weighted by atomic mass is 32.2. The predicted octanol–water partition coefficient (Wildman–Crippen LogP) is 2.33. The summed E-state index contributed by atoms with van der Waals surface area (Å²) in [6.07, 6.45) is 2.65. The minimum Gasteiger partial charge on any atom is -0.495 e. The van der Waals surface area contributed by atoms with E-state index in [-0.39, 0.29) is 0 Å². The van der Waals surface area contributed by atoms with E-state index in [4.69, 9.17) is 9.15 Å². The van der Waals surface area contributed by atoms with E-state index < -0.39 is 10.0 Å². The normalized spacial score (nSPS) is 11.2. The Labute approximate surface area is 105 Å². The summed E-state index contributed by atoms with van der Waals surface area (Å²) in [6, 6.07) is 8.71. The van der Waals surface area contributed by atoms with E-state index in [9.17, 15) is 8.42 Å². The number of furan rings is 1. The highest BCUT2D eigenvalue weighted by Gasteiger charge is 2.11. The van der Waals surface area contributed by atoms with Crippen LogP contribution in [0, 0.1) is 0 Å². The first-order chi connectivity index (χ1) is 8.49. The maximum atomic E-state index is 11.3. The van der Waals surface area contributed by atoms with Gasteiger partial charge in [0, 0.05) is 5.56 Å². The summed E-state index contributed by atoms with van der Waals surface area (Å²) in [5, 5.41) is 0. The summed E-state index contributed by atoms with van der Waals surface area (Å²) in [5.41, 5.74) is 1.15. The fraction of sp³-hybridized carbons (Fsp3) is 0.167. The quantitative estimate of drug-likeness (QED) is 0.923. The molecule has 5 nitrogen and oxygen atoms in total. The van der Waals surface area contributed by atoms with E-state index in [1.807, 2.05) is 0 Å². The van der Waals surface area contributed by atoms with Crippen molar-refractivity contribution in [3.63, 3.8) is 0 Å². The van der Waals surface area contributed by atoms with E-state index in [2.05, 4.69) is 4.72 Å². The van der Waals surface area contributed by atoms with Crippen LogP contribution in [0.3, 0.4) is 0 Å². The number of sulfonamides is 1. The fourth-order valence-corrected chi connectivity index (χ4v) is 2.14. The molecule has 1 aromatic carbocycles. The Morgan fingerprint density at radius 1 is 1.28 bits per heavy atom. The van der Waals surface area contributed by atoms with Gasteiger partial charge >= 0.3 is 0 Å². The molecule has 0 aliphatic carbocycles. The van der Waals surface area contributed by atoms with Crippen LogP contribution in [0.5, 0.6) is 5.75 Å². The average Bonchev–Trinajstić information content (AvgIpc) is 2.80. The van der Waals surface area contributed by atoms with E-state index in [0.717, 1.165) is 11.8 Å². The maximum absolute atomic E-state index is 11.3. The van der Waals surface area contributed by atoms with Crippen molar-refractivity contribution < 1.29 is 17.6 Å². The molecule has 0 saturated heterocycles. The van der Waals surface area contributed by atoms with E-state index >= 15 is 0 Å². The van der Waals surface area contributed by atoms with Gasteiger partial charge in [-0.15, -0.1) is 0 Å². The van der Waals surface area contributed by atoms with Crippen LogP contribution in [-0.4, -0.2) is 21.8 Å². The molecule has 1 N–H and O–H groups in total. The van der Waals surface area contributed by atoms with Crippen molar-refractivity contribution in [3.8, 4) is 17.1 Å². The fourth-order valence-electron chi connectivity index (χ4n) is 1.58. The number of rotatable bonds is 4. The molecule has 96 valence electrons. The van der Waals surface area contributed by atoms with Crippen molar-refractivity contribution in [2.75, 3.05) is 18.1 Å². The standard InChI is InChI=1S/C12H13NO4S/c1-16-12-6-5-9(11-4-3-7-17-11)8-10(12)13-18(2,14)15/h3-8,13H,1-2H3. The first kappa shape index (κ1) is 12.5. The third-order valence-electron chi connectivity index (χ3n) is 2.30. The van der Waals surface area contributed by atoms with Crippen LogP contribution in [0.25, 0.3) is 11.3 Å². The second kappa shape index (κ2) is 4.73. The number of hydrogen-bond donors (Lipinski definition) is 1. The lowest BCUT2D eigenvalue weighted by Gasteiger charge is -2.10. The summed E-state index contributed by atoms with van der Waals surface area (Å²) < 4.78 is 35.3. The molecular formula is C12H13NO4S. The van der Waals surface area contributed by atoms with Crippen molar-refractivity contribution in [1.29, 1.82) is 0 Å². The molecular weight excluding hydrogens is 254 g/mol. The minimum atomic E-state index is -3.36. The average molecular weight is 267 g/mol. The molecule has 0 aliphatic heterocycles. The van der Waals surface area contributed by atoms with Crippen LogP contribution < -0.4 is 9.46 Å². The summed E-state index contributed by atoms with van der Waals surface area (Å²) in [7, 11) is -1.87. The van der Waals surface area contributed by atoms with Crippen molar-refractivity contribution in [2.24, 2.45) is 0 Å². The molecule has 0 unspecified atom stereocenters. The summed E-state index contributed by atoms with van der Waals surface area (Å²) in [6.45, 7) is 0. The van der Waals surface area contributed by atoms with Crippen LogP contribution in [0.1, 0.15) is 0 Å². The maximum Gasteiger partial charge on any atom is 0.229 e. The van der Waals surface area contributed by atoms with Gasteiger partial charge in [0.15, 0.2) is 0 Å². The zero-order valence-electron chi connectivity index (χ0n) is 10.0. The van der Waals surface area contributed by atoms with Gasteiger partial charge in [0.25, 0.3) is 0 Å². The van der Waals surface area contributed by atoms with Crippen molar-refractivity contribution in [2.45, 2.75) is 0 Å². The molecule has 2 rings (SSSR count). The van der Waals surface area contributed by atoms with Crippen molar-refractivity contribution in [1.82, 2.24) is 0 Å². The second-order valence-electron chi connectivity index (χ2n) is 3.77. The van der Waals surface area contributed by atoms with Crippen LogP contribution in [-0.2, 0) is 10.0 Å². The van der Waals surface area contributed by atoms with Gasteiger partial charge in [-0.05, 0) is 30.3 Å². The van der Waals surface area contributed by atoms with Crippen LogP contribution in [0.15, 0.2) is 41.0 Å². The smallest absolute Gasteiger partial charge is 0.229 e. The number of methoxy groups -OCH3 is 1. The lowest BCUT2D eigenvalue weighted by Crippen LogP contribution is -2.10. The Morgan fingerprint density at radius 2 is 2.06 bits per heavy atom. The van der Waals surface area contributed by atoms with Gasteiger partial charge in [-0.1, -0.05) is 0 Å².